The molecule has 146 valence electrons. The van der Waals surface area contributed by atoms with Crippen molar-refractivity contribution in [2.24, 2.45) is 7.05 Å². The van der Waals surface area contributed by atoms with Crippen LogP contribution >= 0.6 is 23.1 Å². The summed E-state index contributed by atoms with van der Waals surface area (Å²) >= 11 is 3.06. The van der Waals surface area contributed by atoms with E-state index in [0.717, 1.165) is 62.2 Å². The summed E-state index contributed by atoms with van der Waals surface area (Å²) in [4.78, 5) is 36.2. The molecule has 6 nitrogen and oxygen atoms in total. The SMILES string of the molecule is CC[NH+]1CCN(C(=O)[C@H](C)Sc2nc3sc4c(c3c(=O)n2C)CCC4)CC1. The number of carbonyl (C=O) groups excluding carboxylic acids is 1. The molecule has 0 bridgehead atoms. The summed E-state index contributed by atoms with van der Waals surface area (Å²) in [6.07, 6.45) is 3.18. The summed E-state index contributed by atoms with van der Waals surface area (Å²) in [5.74, 6) is 0.151. The molecule has 27 heavy (non-hydrogen) atoms. The summed E-state index contributed by atoms with van der Waals surface area (Å²) < 4.78 is 1.63. The Morgan fingerprint density at radius 1 is 1.33 bits per heavy atom. The zero-order valence-corrected chi connectivity index (χ0v) is 17.8. The van der Waals surface area contributed by atoms with E-state index in [1.807, 2.05) is 11.8 Å². The number of hydrogen-bond donors (Lipinski definition) is 1. The molecule has 1 fully saturated rings. The highest BCUT2D eigenvalue weighted by Crippen LogP contribution is 2.35. The van der Waals surface area contributed by atoms with Crippen molar-refractivity contribution in [3.05, 3.63) is 20.8 Å². The van der Waals surface area contributed by atoms with Crippen molar-refractivity contribution in [3.8, 4) is 0 Å². The van der Waals surface area contributed by atoms with Crippen LogP contribution in [-0.4, -0.2) is 58.3 Å². The Kier molecular flexibility index (Phi) is 5.31. The summed E-state index contributed by atoms with van der Waals surface area (Å²) in [5.41, 5.74) is 1.24. The first-order valence-corrected chi connectivity index (χ1v) is 11.5. The Labute approximate surface area is 167 Å². The van der Waals surface area contributed by atoms with Crippen molar-refractivity contribution in [1.29, 1.82) is 0 Å². The van der Waals surface area contributed by atoms with Gasteiger partial charge in [0.15, 0.2) is 5.16 Å². The van der Waals surface area contributed by atoms with Gasteiger partial charge in [-0.05, 0) is 38.7 Å². The van der Waals surface area contributed by atoms with Crippen LogP contribution in [0.15, 0.2) is 9.95 Å². The van der Waals surface area contributed by atoms with Gasteiger partial charge in [0.05, 0.1) is 43.4 Å². The minimum Gasteiger partial charge on any atom is -0.332 e. The normalized spacial score (nSPS) is 18.9. The standard InChI is InChI=1S/C19H26N4O2S2/c1-4-22-8-10-23(11-9-22)17(24)12(2)26-19-20-16-15(18(25)21(19)3)13-6-5-7-14(13)27-16/h12H,4-11H2,1-3H3/p+1/t12-/m0/s1. The molecule has 0 spiro atoms. The number of fused-ring (bicyclic) bond motifs is 3. The number of rotatable bonds is 4. The number of aromatic nitrogens is 2. The molecule has 4 rings (SSSR count). The van der Waals surface area contributed by atoms with E-state index in [0.29, 0.717) is 5.16 Å². The second-order valence-corrected chi connectivity index (χ2v) is 9.88. The molecule has 2 aromatic rings. The molecular formula is C19H27N4O2S2+. The molecular weight excluding hydrogens is 380 g/mol. The van der Waals surface area contributed by atoms with Crippen LogP contribution in [0.1, 0.15) is 30.7 Å². The summed E-state index contributed by atoms with van der Waals surface area (Å²) in [6.45, 7) is 8.89. The lowest BCUT2D eigenvalue weighted by Crippen LogP contribution is -3.14. The summed E-state index contributed by atoms with van der Waals surface area (Å²) in [7, 11) is 1.77. The van der Waals surface area contributed by atoms with E-state index in [1.165, 1.54) is 22.2 Å². The first-order valence-electron chi connectivity index (χ1n) is 9.79. The molecule has 1 saturated heterocycles. The fraction of sp³-hybridized carbons (Fsp3) is 0.632. The second-order valence-electron chi connectivity index (χ2n) is 7.48. The van der Waals surface area contributed by atoms with Crippen molar-refractivity contribution in [1.82, 2.24) is 14.5 Å². The van der Waals surface area contributed by atoms with Crippen LogP contribution in [0.2, 0.25) is 0 Å². The molecule has 0 radical (unpaired) electrons. The molecule has 1 amide bonds. The van der Waals surface area contributed by atoms with Crippen molar-refractivity contribution < 1.29 is 9.69 Å². The zero-order chi connectivity index (χ0) is 19.1. The molecule has 3 heterocycles. The van der Waals surface area contributed by atoms with Gasteiger partial charge in [-0.1, -0.05) is 11.8 Å². The highest BCUT2D eigenvalue weighted by Gasteiger charge is 2.28. The molecule has 1 N–H and O–H groups in total. The number of aryl methyl sites for hydroxylation is 2. The molecule has 2 aliphatic rings. The van der Waals surface area contributed by atoms with Crippen LogP contribution in [-0.2, 0) is 24.7 Å². The van der Waals surface area contributed by atoms with E-state index in [1.54, 1.807) is 27.9 Å². The number of thioether (sulfide) groups is 1. The highest BCUT2D eigenvalue weighted by molar-refractivity contribution is 8.00. The van der Waals surface area contributed by atoms with E-state index in [9.17, 15) is 9.59 Å². The highest BCUT2D eigenvalue weighted by atomic mass is 32.2. The minimum atomic E-state index is -0.240. The number of hydrogen-bond acceptors (Lipinski definition) is 5. The van der Waals surface area contributed by atoms with Crippen LogP contribution in [0.25, 0.3) is 10.2 Å². The number of nitrogens with one attached hydrogen (secondary N) is 1. The first-order chi connectivity index (χ1) is 13.0. The maximum absolute atomic E-state index is 12.9. The Balaban J connectivity index is 1.54. The third kappa shape index (κ3) is 3.43. The average molecular weight is 408 g/mol. The van der Waals surface area contributed by atoms with Crippen LogP contribution in [0.4, 0.5) is 0 Å². The van der Waals surface area contributed by atoms with Crippen LogP contribution in [0, 0.1) is 0 Å². The third-order valence-corrected chi connectivity index (χ3v) is 8.13. The Bertz CT molecular complexity index is 928. The number of piperazine rings is 1. The van der Waals surface area contributed by atoms with Gasteiger partial charge in [-0.25, -0.2) is 4.98 Å². The number of likely N-dealkylation sites (N-methyl/N-ethyl adjacent to an activating group) is 1. The Morgan fingerprint density at radius 2 is 2.07 bits per heavy atom. The van der Waals surface area contributed by atoms with Crippen LogP contribution in [0.5, 0.6) is 0 Å². The number of amides is 1. The lowest BCUT2D eigenvalue weighted by Gasteiger charge is -2.33. The quantitative estimate of drug-likeness (QED) is 0.599. The average Bonchev–Trinajstić information content (AvgIpc) is 3.26. The van der Waals surface area contributed by atoms with Crippen molar-refractivity contribution in [3.63, 3.8) is 0 Å². The van der Waals surface area contributed by atoms with Gasteiger partial charge < -0.3 is 9.80 Å². The molecule has 1 atom stereocenters. The summed E-state index contributed by atoms with van der Waals surface area (Å²) in [5, 5.41) is 1.21. The van der Waals surface area contributed by atoms with Gasteiger partial charge in [0.25, 0.3) is 5.56 Å². The van der Waals surface area contributed by atoms with Gasteiger partial charge in [-0.2, -0.15) is 0 Å². The maximum Gasteiger partial charge on any atom is 0.262 e. The molecule has 1 aliphatic carbocycles. The maximum atomic E-state index is 12.9. The van der Waals surface area contributed by atoms with Gasteiger partial charge in [0, 0.05) is 11.9 Å². The molecule has 1 aliphatic heterocycles. The molecule has 0 unspecified atom stereocenters. The van der Waals surface area contributed by atoms with E-state index in [4.69, 9.17) is 4.98 Å². The van der Waals surface area contributed by atoms with E-state index in [-0.39, 0.29) is 16.7 Å². The number of thiophene rings is 1. The zero-order valence-electron chi connectivity index (χ0n) is 16.2. The molecule has 0 aromatic carbocycles. The molecule has 8 heteroatoms. The molecule has 0 saturated carbocycles. The van der Waals surface area contributed by atoms with Gasteiger partial charge in [0.2, 0.25) is 5.91 Å². The Morgan fingerprint density at radius 3 is 2.78 bits per heavy atom. The van der Waals surface area contributed by atoms with Gasteiger partial charge in [-0.3, -0.25) is 14.2 Å². The first kappa shape index (κ1) is 19.0. The van der Waals surface area contributed by atoms with Gasteiger partial charge >= 0.3 is 0 Å². The minimum absolute atomic E-state index is 0.0294. The fourth-order valence-corrected chi connectivity index (χ4v) is 6.33. The van der Waals surface area contributed by atoms with E-state index in [2.05, 4.69) is 6.92 Å². The predicted molar refractivity (Wildman–Crippen MR) is 110 cm³/mol. The smallest absolute Gasteiger partial charge is 0.262 e. The largest absolute Gasteiger partial charge is 0.332 e. The van der Waals surface area contributed by atoms with Crippen molar-refractivity contribution in [2.45, 2.75) is 43.5 Å². The van der Waals surface area contributed by atoms with Gasteiger partial charge in [0.1, 0.15) is 4.83 Å². The lowest BCUT2D eigenvalue weighted by molar-refractivity contribution is -0.902. The van der Waals surface area contributed by atoms with Crippen LogP contribution in [0.3, 0.4) is 0 Å². The number of nitrogens with zero attached hydrogens (tertiary/aromatic N) is 3. The third-order valence-electron chi connectivity index (χ3n) is 5.82. The fourth-order valence-electron chi connectivity index (χ4n) is 4.07. The second kappa shape index (κ2) is 7.56. The lowest BCUT2D eigenvalue weighted by atomic mass is 10.2. The monoisotopic (exact) mass is 407 g/mol. The number of quaternary nitrogens is 1. The Hall–Kier alpha value is -1.38. The van der Waals surface area contributed by atoms with Crippen LogP contribution < -0.4 is 10.5 Å². The topological polar surface area (TPSA) is 59.6 Å². The summed E-state index contributed by atoms with van der Waals surface area (Å²) in [6, 6.07) is 0. The van der Waals surface area contributed by atoms with Crippen molar-refractivity contribution >= 4 is 39.2 Å². The van der Waals surface area contributed by atoms with E-state index < -0.39 is 0 Å². The van der Waals surface area contributed by atoms with Crippen molar-refractivity contribution in [2.75, 3.05) is 32.7 Å². The number of carbonyl (C=O) groups is 1. The predicted octanol–water partition coefficient (Wildman–Crippen LogP) is 0.711. The van der Waals surface area contributed by atoms with E-state index >= 15 is 0 Å². The van der Waals surface area contributed by atoms with Gasteiger partial charge in [-0.15, -0.1) is 11.3 Å². The molecule has 2 aromatic heterocycles.